The molecule has 0 atom stereocenters. The zero-order valence-electron chi connectivity index (χ0n) is 14.5. The van der Waals surface area contributed by atoms with Gasteiger partial charge in [0.05, 0.1) is 0 Å². The van der Waals surface area contributed by atoms with Crippen molar-refractivity contribution in [2.24, 2.45) is 0 Å². The Balaban J connectivity index is 1.65. The van der Waals surface area contributed by atoms with Crippen molar-refractivity contribution in [1.82, 2.24) is 5.32 Å². The molecule has 1 amide bonds. The van der Waals surface area contributed by atoms with Crippen molar-refractivity contribution in [3.8, 4) is 0 Å². The van der Waals surface area contributed by atoms with Crippen molar-refractivity contribution in [3.63, 3.8) is 0 Å². The van der Waals surface area contributed by atoms with Gasteiger partial charge in [-0.3, -0.25) is 4.79 Å². The molecule has 2 nitrogen and oxygen atoms in total. The van der Waals surface area contributed by atoms with Crippen LogP contribution in [0, 0.1) is 0 Å². The molecule has 0 saturated carbocycles. The summed E-state index contributed by atoms with van der Waals surface area (Å²) < 4.78 is 0. The minimum Gasteiger partial charge on any atom is -0.356 e. The van der Waals surface area contributed by atoms with Crippen LogP contribution in [0.4, 0.5) is 0 Å². The van der Waals surface area contributed by atoms with Gasteiger partial charge in [0.1, 0.15) is 0 Å². The van der Waals surface area contributed by atoms with Gasteiger partial charge in [0.15, 0.2) is 0 Å². The van der Waals surface area contributed by atoms with Crippen molar-refractivity contribution in [1.29, 1.82) is 0 Å². The summed E-state index contributed by atoms with van der Waals surface area (Å²) in [4.78, 5) is 11.9. The first-order valence-electron chi connectivity index (χ1n) is 8.65. The van der Waals surface area contributed by atoms with E-state index < -0.39 is 0 Å². The second-order valence-electron chi connectivity index (χ2n) is 6.44. The van der Waals surface area contributed by atoms with Crippen LogP contribution >= 0.6 is 11.6 Å². The number of hydrogen-bond donors (Lipinski definition) is 1. The Bertz CT molecular complexity index is 649. The van der Waals surface area contributed by atoms with Crippen molar-refractivity contribution in [3.05, 3.63) is 70.2 Å². The van der Waals surface area contributed by atoms with E-state index in [4.69, 9.17) is 11.6 Å². The van der Waals surface area contributed by atoms with Crippen LogP contribution in [0.2, 0.25) is 5.02 Å². The Kier molecular flexibility index (Phi) is 7.33. The number of halogens is 1. The average Bonchev–Trinajstić information content (AvgIpc) is 2.58. The maximum absolute atomic E-state index is 11.9. The highest BCUT2D eigenvalue weighted by atomic mass is 35.5. The van der Waals surface area contributed by atoms with Gasteiger partial charge in [-0.15, -0.1) is 0 Å². The quantitative estimate of drug-likeness (QED) is 0.660. The zero-order chi connectivity index (χ0) is 17.4. The van der Waals surface area contributed by atoms with Gasteiger partial charge in [0, 0.05) is 18.0 Å². The van der Waals surface area contributed by atoms with Crippen LogP contribution in [0.1, 0.15) is 49.3 Å². The summed E-state index contributed by atoms with van der Waals surface area (Å²) >= 11 is 6.10. The Morgan fingerprint density at radius 1 is 1.04 bits per heavy atom. The number of carbonyl (C=O) groups excluding carboxylic acids is 1. The van der Waals surface area contributed by atoms with Crippen molar-refractivity contribution < 1.29 is 4.79 Å². The minimum atomic E-state index is 0.0880. The van der Waals surface area contributed by atoms with E-state index in [0.29, 0.717) is 25.3 Å². The lowest BCUT2D eigenvalue weighted by molar-refractivity contribution is -0.121. The Hall–Kier alpha value is -1.80. The van der Waals surface area contributed by atoms with E-state index >= 15 is 0 Å². The molecule has 0 aliphatic rings. The number of benzene rings is 2. The van der Waals surface area contributed by atoms with Gasteiger partial charge in [0.25, 0.3) is 0 Å². The first kappa shape index (κ1) is 18.5. The molecule has 2 aromatic carbocycles. The van der Waals surface area contributed by atoms with Crippen molar-refractivity contribution in [2.45, 2.75) is 45.4 Å². The Morgan fingerprint density at radius 3 is 2.42 bits per heavy atom. The highest BCUT2D eigenvalue weighted by Gasteiger charge is 2.04. The lowest BCUT2D eigenvalue weighted by atomic mass is 10.0. The van der Waals surface area contributed by atoms with E-state index in [-0.39, 0.29) is 5.91 Å². The molecule has 0 spiro atoms. The number of hydrogen-bond acceptors (Lipinski definition) is 1. The Morgan fingerprint density at radius 2 is 1.75 bits per heavy atom. The summed E-state index contributed by atoms with van der Waals surface area (Å²) in [5, 5.41) is 3.72. The third kappa shape index (κ3) is 6.01. The topological polar surface area (TPSA) is 29.1 Å². The summed E-state index contributed by atoms with van der Waals surface area (Å²) in [6.07, 6.45) is 3.11. The third-order valence-corrected chi connectivity index (χ3v) is 4.56. The summed E-state index contributed by atoms with van der Waals surface area (Å²) in [7, 11) is 0. The third-order valence-electron chi connectivity index (χ3n) is 4.19. The highest BCUT2D eigenvalue weighted by molar-refractivity contribution is 6.31. The number of amides is 1. The van der Waals surface area contributed by atoms with E-state index in [1.54, 1.807) is 0 Å². The van der Waals surface area contributed by atoms with Crippen LogP contribution in [-0.2, 0) is 17.6 Å². The van der Waals surface area contributed by atoms with Crippen LogP contribution in [0.3, 0.4) is 0 Å². The summed E-state index contributed by atoms with van der Waals surface area (Å²) in [5.41, 5.74) is 3.72. The number of nitrogens with one attached hydrogen (secondary N) is 1. The molecule has 0 heterocycles. The second kappa shape index (κ2) is 9.48. The smallest absolute Gasteiger partial charge is 0.220 e. The van der Waals surface area contributed by atoms with E-state index in [1.165, 1.54) is 11.1 Å². The van der Waals surface area contributed by atoms with Gasteiger partial charge in [-0.25, -0.2) is 0 Å². The van der Waals surface area contributed by atoms with Gasteiger partial charge in [-0.2, -0.15) is 0 Å². The first-order valence-corrected chi connectivity index (χ1v) is 9.03. The van der Waals surface area contributed by atoms with Crippen molar-refractivity contribution >= 4 is 17.5 Å². The molecule has 0 aliphatic carbocycles. The molecule has 3 heteroatoms. The van der Waals surface area contributed by atoms with Gasteiger partial charge in [-0.05, 0) is 47.9 Å². The lowest BCUT2D eigenvalue weighted by Crippen LogP contribution is -2.25. The first-order chi connectivity index (χ1) is 11.6. The predicted molar refractivity (Wildman–Crippen MR) is 102 cm³/mol. The SMILES string of the molecule is CC(C)c1ccc(CCCNC(=O)CCc2ccccc2Cl)cc1. The van der Waals surface area contributed by atoms with E-state index in [9.17, 15) is 4.79 Å². The van der Waals surface area contributed by atoms with Crippen LogP contribution in [0.5, 0.6) is 0 Å². The molecule has 0 aromatic heterocycles. The molecule has 128 valence electrons. The van der Waals surface area contributed by atoms with E-state index in [2.05, 4.69) is 43.4 Å². The van der Waals surface area contributed by atoms with Crippen LogP contribution in [-0.4, -0.2) is 12.5 Å². The molecule has 24 heavy (non-hydrogen) atoms. The molecule has 0 aliphatic heterocycles. The molecule has 0 radical (unpaired) electrons. The van der Waals surface area contributed by atoms with Gasteiger partial charge >= 0.3 is 0 Å². The zero-order valence-corrected chi connectivity index (χ0v) is 15.3. The minimum absolute atomic E-state index is 0.0880. The second-order valence-corrected chi connectivity index (χ2v) is 6.85. The molecule has 2 aromatic rings. The average molecular weight is 344 g/mol. The molecule has 0 saturated heterocycles. The molecule has 2 rings (SSSR count). The fraction of sp³-hybridized carbons (Fsp3) is 0.381. The molecular weight excluding hydrogens is 318 g/mol. The molecule has 0 fully saturated rings. The summed E-state index contributed by atoms with van der Waals surface area (Å²) in [6, 6.07) is 16.5. The standard InChI is InChI=1S/C21H26ClNO/c1-16(2)18-11-9-17(10-12-18)6-5-15-23-21(24)14-13-19-7-3-4-8-20(19)22/h3-4,7-12,16H,5-6,13-15H2,1-2H3,(H,23,24). The van der Waals surface area contributed by atoms with Crippen LogP contribution in [0.15, 0.2) is 48.5 Å². The van der Waals surface area contributed by atoms with Gasteiger partial charge in [-0.1, -0.05) is 67.9 Å². The molecular formula is C21H26ClNO. The Labute approximate surface area is 150 Å². The van der Waals surface area contributed by atoms with Crippen LogP contribution in [0.25, 0.3) is 0 Å². The maximum Gasteiger partial charge on any atom is 0.220 e. The van der Waals surface area contributed by atoms with Crippen molar-refractivity contribution in [2.75, 3.05) is 6.54 Å². The monoisotopic (exact) mass is 343 g/mol. The van der Waals surface area contributed by atoms with Gasteiger partial charge < -0.3 is 5.32 Å². The largest absolute Gasteiger partial charge is 0.356 e. The number of carbonyl (C=O) groups is 1. The predicted octanol–water partition coefficient (Wildman–Crippen LogP) is 5.15. The summed E-state index contributed by atoms with van der Waals surface area (Å²) in [6.45, 7) is 5.12. The summed E-state index contributed by atoms with van der Waals surface area (Å²) in [5.74, 6) is 0.654. The van der Waals surface area contributed by atoms with E-state index in [0.717, 1.165) is 23.4 Å². The highest BCUT2D eigenvalue weighted by Crippen LogP contribution is 2.17. The number of aryl methyl sites for hydroxylation is 2. The fourth-order valence-electron chi connectivity index (χ4n) is 2.63. The van der Waals surface area contributed by atoms with Crippen LogP contribution < -0.4 is 5.32 Å². The lowest BCUT2D eigenvalue weighted by Gasteiger charge is -2.08. The number of rotatable bonds is 8. The van der Waals surface area contributed by atoms with Gasteiger partial charge in [0.2, 0.25) is 5.91 Å². The molecule has 1 N–H and O–H groups in total. The van der Waals surface area contributed by atoms with E-state index in [1.807, 2.05) is 24.3 Å². The normalized spacial score (nSPS) is 10.8. The molecule has 0 unspecified atom stereocenters. The molecule has 0 bridgehead atoms. The maximum atomic E-state index is 11.9. The fourth-order valence-corrected chi connectivity index (χ4v) is 2.86.